The van der Waals surface area contributed by atoms with Gasteiger partial charge in [-0.2, -0.15) is 0 Å². The fourth-order valence-electron chi connectivity index (χ4n) is 1.58. The van der Waals surface area contributed by atoms with Crippen molar-refractivity contribution in [2.24, 2.45) is 0 Å². The topological polar surface area (TPSA) is 48.1 Å². The molecule has 18 heavy (non-hydrogen) atoms. The molecule has 0 bridgehead atoms. The Labute approximate surface area is 112 Å². The second kappa shape index (κ2) is 5.87. The molecule has 0 saturated carbocycles. The van der Waals surface area contributed by atoms with Crippen LogP contribution < -0.4 is 10.5 Å². The lowest BCUT2D eigenvalue weighted by atomic mass is 10.2. The maximum atomic E-state index is 5.81. The van der Waals surface area contributed by atoms with E-state index in [0.29, 0.717) is 18.2 Å². The van der Waals surface area contributed by atoms with Gasteiger partial charge in [-0.3, -0.25) is 0 Å². The van der Waals surface area contributed by atoms with Crippen molar-refractivity contribution in [1.29, 1.82) is 0 Å². The number of hydrogen-bond donors (Lipinski definition) is 1. The van der Waals surface area contributed by atoms with Gasteiger partial charge in [-0.25, -0.2) is 4.98 Å². The molecule has 0 saturated heterocycles. The fourth-order valence-corrected chi connectivity index (χ4v) is 2.45. The van der Waals surface area contributed by atoms with Crippen LogP contribution in [0.4, 0.5) is 5.69 Å². The Morgan fingerprint density at radius 1 is 1.33 bits per heavy atom. The molecule has 2 aromatic rings. The molecule has 0 spiro atoms. The number of aromatic nitrogens is 1. The van der Waals surface area contributed by atoms with Crippen molar-refractivity contribution >= 4 is 17.0 Å². The molecule has 2 N–H and O–H groups in total. The number of hydrogen-bond acceptors (Lipinski definition) is 4. The van der Waals surface area contributed by atoms with Gasteiger partial charge in [-0.15, -0.1) is 11.3 Å². The van der Waals surface area contributed by atoms with Crippen molar-refractivity contribution in [1.82, 2.24) is 4.98 Å². The lowest BCUT2D eigenvalue weighted by Gasteiger charge is -2.07. The van der Waals surface area contributed by atoms with Gasteiger partial charge in [0.05, 0.1) is 23.0 Å². The van der Waals surface area contributed by atoms with Gasteiger partial charge in [0, 0.05) is 17.7 Å². The molecule has 0 aliphatic heterocycles. The van der Waals surface area contributed by atoms with Crippen LogP contribution in [0.1, 0.15) is 30.5 Å². The van der Waals surface area contributed by atoms with E-state index in [0.717, 1.165) is 17.9 Å². The van der Waals surface area contributed by atoms with Crippen molar-refractivity contribution < 1.29 is 4.74 Å². The van der Waals surface area contributed by atoms with Crippen LogP contribution in [0.3, 0.4) is 0 Å². The van der Waals surface area contributed by atoms with Gasteiger partial charge in [0.25, 0.3) is 0 Å². The molecule has 96 valence electrons. The van der Waals surface area contributed by atoms with Crippen molar-refractivity contribution in [2.75, 3.05) is 12.3 Å². The molecule has 0 radical (unpaired) electrons. The van der Waals surface area contributed by atoms with Crippen LogP contribution in [-0.4, -0.2) is 11.6 Å². The monoisotopic (exact) mass is 262 g/mol. The molecule has 0 aliphatic carbocycles. The number of nitrogen functional groups attached to an aromatic ring is 1. The Morgan fingerprint density at radius 2 is 2.11 bits per heavy atom. The van der Waals surface area contributed by atoms with Crippen LogP contribution in [0, 0.1) is 0 Å². The summed E-state index contributed by atoms with van der Waals surface area (Å²) in [6, 6.07) is 7.55. The van der Waals surface area contributed by atoms with Crippen molar-refractivity contribution in [3.05, 3.63) is 40.3 Å². The summed E-state index contributed by atoms with van der Waals surface area (Å²) in [6.07, 6.45) is 0.817. The Kier molecular flexibility index (Phi) is 4.20. The predicted octanol–water partition coefficient (Wildman–Crippen LogP) is 3.47. The molecule has 1 aromatic heterocycles. The lowest BCUT2D eigenvalue weighted by Crippen LogP contribution is -2.03. The molecule has 0 fully saturated rings. The second-order valence-corrected chi connectivity index (χ2v) is 5.36. The zero-order valence-electron chi connectivity index (χ0n) is 10.7. The smallest absolute Gasteiger partial charge is 0.142 e. The van der Waals surface area contributed by atoms with Crippen LogP contribution in [0.2, 0.25) is 0 Å². The van der Waals surface area contributed by atoms with Crippen LogP contribution in [0.15, 0.2) is 29.6 Å². The zero-order valence-corrected chi connectivity index (χ0v) is 11.5. The molecule has 1 heterocycles. The van der Waals surface area contributed by atoms with E-state index in [9.17, 15) is 0 Å². The Bertz CT molecular complexity index is 508. The molecular weight excluding hydrogens is 244 g/mol. The highest BCUT2D eigenvalue weighted by Crippen LogP contribution is 2.21. The van der Waals surface area contributed by atoms with Crippen LogP contribution >= 0.6 is 11.3 Å². The fraction of sp³-hybridized carbons (Fsp3) is 0.357. The standard InChI is InChI=1S/C14H18N2OS/c1-10(2)14-16-11(9-18-14)7-8-17-13-6-4-3-5-12(13)15/h3-6,9-10H,7-8,15H2,1-2H3. The average molecular weight is 262 g/mol. The van der Waals surface area contributed by atoms with E-state index in [1.807, 2.05) is 24.3 Å². The number of anilines is 1. The van der Waals surface area contributed by atoms with E-state index in [4.69, 9.17) is 10.5 Å². The number of benzene rings is 1. The summed E-state index contributed by atoms with van der Waals surface area (Å²) in [5, 5.41) is 3.29. The summed E-state index contributed by atoms with van der Waals surface area (Å²) >= 11 is 1.72. The van der Waals surface area contributed by atoms with E-state index >= 15 is 0 Å². The highest BCUT2D eigenvalue weighted by Gasteiger charge is 2.06. The van der Waals surface area contributed by atoms with Gasteiger partial charge in [0.2, 0.25) is 0 Å². The van der Waals surface area contributed by atoms with Gasteiger partial charge >= 0.3 is 0 Å². The van der Waals surface area contributed by atoms with Gasteiger partial charge in [-0.1, -0.05) is 26.0 Å². The van der Waals surface area contributed by atoms with Crippen LogP contribution in [-0.2, 0) is 6.42 Å². The molecule has 4 heteroatoms. The molecule has 3 nitrogen and oxygen atoms in total. The first-order valence-corrected chi connectivity index (χ1v) is 6.96. The summed E-state index contributed by atoms with van der Waals surface area (Å²) < 4.78 is 5.65. The van der Waals surface area contributed by atoms with Gasteiger partial charge < -0.3 is 10.5 Å². The Balaban J connectivity index is 1.87. The second-order valence-electron chi connectivity index (χ2n) is 4.47. The third-order valence-corrected chi connectivity index (χ3v) is 3.79. The highest BCUT2D eigenvalue weighted by molar-refractivity contribution is 7.09. The Hall–Kier alpha value is -1.55. The van der Waals surface area contributed by atoms with Crippen molar-refractivity contribution in [3.8, 4) is 5.75 Å². The maximum absolute atomic E-state index is 5.81. The number of nitrogens with two attached hydrogens (primary N) is 1. The van der Waals surface area contributed by atoms with E-state index in [2.05, 4.69) is 24.2 Å². The molecule has 0 aliphatic rings. The minimum absolute atomic E-state index is 0.495. The first kappa shape index (κ1) is 12.9. The molecule has 1 aromatic carbocycles. The number of nitrogens with zero attached hydrogens (tertiary/aromatic N) is 1. The van der Waals surface area contributed by atoms with Gasteiger partial charge in [0.15, 0.2) is 0 Å². The van der Waals surface area contributed by atoms with Gasteiger partial charge in [-0.05, 0) is 12.1 Å². The van der Waals surface area contributed by atoms with Crippen molar-refractivity contribution in [3.63, 3.8) is 0 Å². The summed E-state index contributed by atoms with van der Waals surface area (Å²) in [5.41, 5.74) is 7.58. The maximum Gasteiger partial charge on any atom is 0.142 e. The first-order valence-electron chi connectivity index (χ1n) is 6.08. The van der Waals surface area contributed by atoms with E-state index in [-0.39, 0.29) is 0 Å². The number of para-hydroxylation sites is 2. The zero-order chi connectivity index (χ0) is 13.0. The van der Waals surface area contributed by atoms with Crippen LogP contribution in [0.25, 0.3) is 0 Å². The number of rotatable bonds is 5. The SMILES string of the molecule is CC(C)c1nc(CCOc2ccccc2N)cs1. The largest absolute Gasteiger partial charge is 0.491 e. The third-order valence-electron chi connectivity index (χ3n) is 2.60. The summed E-state index contributed by atoms with van der Waals surface area (Å²) in [5.74, 6) is 1.24. The minimum atomic E-state index is 0.495. The molecule has 0 amide bonds. The van der Waals surface area contributed by atoms with E-state index in [1.165, 1.54) is 5.01 Å². The van der Waals surface area contributed by atoms with Crippen molar-refractivity contribution in [2.45, 2.75) is 26.2 Å². The van der Waals surface area contributed by atoms with Crippen LogP contribution in [0.5, 0.6) is 5.75 Å². The Morgan fingerprint density at radius 3 is 2.78 bits per heavy atom. The normalized spacial score (nSPS) is 10.8. The quantitative estimate of drug-likeness (QED) is 0.839. The highest BCUT2D eigenvalue weighted by atomic mass is 32.1. The number of thiazole rings is 1. The van der Waals surface area contributed by atoms with Gasteiger partial charge in [0.1, 0.15) is 5.75 Å². The molecule has 0 atom stereocenters. The first-order chi connectivity index (χ1) is 8.66. The lowest BCUT2D eigenvalue weighted by molar-refractivity contribution is 0.322. The predicted molar refractivity (Wildman–Crippen MR) is 76.3 cm³/mol. The summed E-state index contributed by atoms with van der Waals surface area (Å²) in [4.78, 5) is 4.57. The third kappa shape index (κ3) is 3.23. The molecule has 2 rings (SSSR count). The van der Waals surface area contributed by atoms with E-state index < -0.39 is 0 Å². The number of ether oxygens (including phenoxy) is 1. The average Bonchev–Trinajstić information content (AvgIpc) is 2.80. The van der Waals surface area contributed by atoms with E-state index in [1.54, 1.807) is 11.3 Å². The summed E-state index contributed by atoms with van der Waals surface area (Å²) in [6.45, 7) is 4.92. The molecule has 0 unspecified atom stereocenters. The summed E-state index contributed by atoms with van der Waals surface area (Å²) in [7, 11) is 0. The molecular formula is C14H18N2OS. The minimum Gasteiger partial charge on any atom is -0.491 e.